The van der Waals surface area contributed by atoms with Crippen LogP contribution in [0.4, 0.5) is 0 Å². The van der Waals surface area contributed by atoms with Gasteiger partial charge >= 0.3 is 141 Å². The average Bonchev–Trinajstić information content (AvgIpc) is 2.64. The Balaban J connectivity index is 2.04. The van der Waals surface area contributed by atoms with Gasteiger partial charge in [-0.2, -0.15) is 0 Å². The molecule has 0 atom stereocenters. The Labute approximate surface area is 141 Å². The standard InChI is InChI=1S/C20H17AsO2/c1-23-20(22)16-12-14-19(15-13-16)21(17-8-4-2-5-9-17)18-10-6-3-7-11-18/h2-15H,1H3. The van der Waals surface area contributed by atoms with Crippen LogP contribution in [0.1, 0.15) is 10.4 Å². The third-order valence-corrected chi connectivity index (χ3v) is 8.70. The minimum atomic E-state index is -1.60. The van der Waals surface area contributed by atoms with Crippen molar-refractivity contribution >= 4 is 33.7 Å². The Morgan fingerprint density at radius 1 is 0.696 bits per heavy atom. The Morgan fingerprint density at radius 3 is 1.57 bits per heavy atom. The average molecular weight is 364 g/mol. The normalized spacial score (nSPS) is 10.5. The SMILES string of the molecule is COC(=O)c1ccc([As](c2ccccc2)c2ccccc2)cc1. The van der Waals surface area contributed by atoms with E-state index in [4.69, 9.17) is 4.74 Å². The summed E-state index contributed by atoms with van der Waals surface area (Å²) in [6, 6.07) is 29.0. The van der Waals surface area contributed by atoms with Gasteiger partial charge in [0.1, 0.15) is 0 Å². The first-order valence-corrected chi connectivity index (χ1v) is 10.2. The molecule has 0 radical (unpaired) electrons. The van der Waals surface area contributed by atoms with Crippen molar-refractivity contribution in [2.45, 2.75) is 0 Å². The maximum absolute atomic E-state index is 11.6. The molecule has 0 bridgehead atoms. The molecular formula is C20H17AsO2. The molecule has 0 spiro atoms. The van der Waals surface area contributed by atoms with Crippen LogP contribution in [-0.4, -0.2) is 27.7 Å². The summed E-state index contributed by atoms with van der Waals surface area (Å²) in [5.41, 5.74) is 0.589. The van der Waals surface area contributed by atoms with Crippen LogP contribution in [0.3, 0.4) is 0 Å². The number of hydrogen-bond acceptors (Lipinski definition) is 2. The van der Waals surface area contributed by atoms with E-state index in [1.807, 2.05) is 24.3 Å². The molecule has 0 unspecified atom stereocenters. The Morgan fingerprint density at radius 2 is 1.13 bits per heavy atom. The van der Waals surface area contributed by atoms with Crippen LogP contribution in [0.5, 0.6) is 0 Å². The zero-order chi connectivity index (χ0) is 16.1. The summed E-state index contributed by atoms with van der Waals surface area (Å²) in [5.74, 6) is -0.296. The van der Waals surface area contributed by atoms with E-state index in [0.717, 1.165) is 0 Å². The van der Waals surface area contributed by atoms with Crippen LogP contribution < -0.4 is 13.1 Å². The zero-order valence-electron chi connectivity index (χ0n) is 12.8. The van der Waals surface area contributed by atoms with E-state index in [-0.39, 0.29) is 5.97 Å². The second-order valence-corrected chi connectivity index (χ2v) is 9.70. The fourth-order valence-corrected chi connectivity index (χ4v) is 7.25. The molecule has 0 fully saturated rings. The number of carbonyl (C=O) groups excluding carboxylic acids is 1. The molecule has 0 aliphatic rings. The minimum absolute atomic E-state index is 0.296. The van der Waals surface area contributed by atoms with Crippen molar-refractivity contribution in [1.82, 2.24) is 0 Å². The number of benzene rings is 3. The molecule has 3 aromatic rings. The first-order valence-electron chi connectivity index (χ1n) is 7.38. The van der Waals surface area contributed by atoms with Crippen LogP contribution >= 0.6 is 0 Å². The van der Waals surface area contributed by atoms with Crippen molar-refractivity contribution in [2.24, 2.45) is 0 Å². The summed E-state index contributed by atoms with van der Waals surface area (Å²) in [6.07, 6.45) is 0. The maximum atomic E-state index is 11.6. The van der Waals surface area contributed by atoms with Gasteiger partial charge in [-0.25, -0.2) is 0 Å². The molecule has 3 heteroatoms. The Bertz CT molecular complexity index is 728. The third kappa shape index (κ3) is 3.54. The second kappa shape index (κ2) is 7.30. The molecule has 0 saturated heterocycles. The number of carbonyl (C=O) groups is 1. The molecular weight excluding hydrogens is 347 g/mol. The molecule has 0 amide bonds. The van der Waals surface area contributed by atoms with Crippen molar-refractivity contribution in [3.63, 3.8) is 0 Å². The molecule has 2 nitrogen and oxygen atoms in total. The fourth-order valence-electron chi connectivity index (χ4n) is 2.47. The summed E-state index contributed by atoms with van der Waals surface area (Å²) < 4.78 is 8.82. The Hall–Kier alpha value is -2.31. The molecule has 0 heterocycles. The van der Waals surface area contributed by atoms with Crippen molar-refractivity contribution in [3.8, 4) is 0 Å². The van der Waals surface area contributed by atoms with Crippen LogP contribution in [0.2, 0.25) is 0 Å². The molecule has 3 rings (SSSR count). The van der Waals surface area contributed by atoms with Gasteiger partial charge in [-0.3, -0.25) is 0 Å². The fraction of sp³-hybridized carbons (Fsp3) is 0.0500. The van der Waals surface area contributed by atoms with E-state index in [2.05, 4.69) is 60.7 Å². The number of hydrogen-bond donors (Lipinski definition) is 0. The van der Waals surface area contributed by atoms with E-state index < -0.39 is 14.7 Å². The Kier molecular flexibility index (Phi) is 4.95. The molecule has 3 aromatic carbocycles. The van der Waals surface area contributed by atoms with Crippen LogP contribution in [0.25, 0.3) is 0 Å². The van der Waals surface area contributed by atoms with Gasteiger partial charge in [0.2, 0.25) is 0 Å². The van der Waals surface area contributed by atoms with E-state index in [1.54, 1.807) is 0 Å². The number of ether oxygens (including phenoxy) is 1. The van der Waals surface area contributed by atoms with E-state index in [0.29, 0.717) is 5.56 Å². The third-order valence-electron chi connectivity index (χ3n) is 3.58. The first kappa shape index (κ1) is 15.6. The predicted octanol–water partition coefficient (Wildman–Crippen LogP) is 1.99. The van der Waals surface area contributed by atoms with Gasteiger partial charge in [-0.15, -0.1) is 0 Å². The van der Waals surface area contributed by atoms with Crippen molar-refractivity contribution < 1.29 is 9.53 Å². The number of esters is 1. The van der Waals surface area contributed by atoms with Gasteiger partial charge in [-0.05, 0) is 0 Å². The molecule has 0 saturated carbocycles. The van der Waals surface area contributed by atoms with Gasteiger partial charge in [0.15, 0.2) is 0 Å². The quantitative estimate of drug-likeness (QED) is 0.523. The number of rotatable bonds is 4. The molecule has 0 N–H and O–H groups in total. The summed E-state index contributed by atoms with van der Waals surface area (Å²) >= 11 is -1.60. The molecule has 0 aliphatic heterocycles. The van der Waals surface area contributed by atoms with Gasteiger partial charge in [0.05, 0.1) is 0 Å². The number of methoxy groups -OCH3 is 1. The summed E-state index contributed by atoms with van der Waals surface area (Å²) in [5, 5.41) is 0. The molecule has 0 aromatic heterocycles. The zero-order valence-corrected chi connectivity index (χ0v) is 14.7. The van der Waals surface area contributed by atoms with Gasteiger partial charge in [0, 0.05) is 0 Å². The van der Waals surface area contributed by atoms with E-state index >= 15 is 0 Å². The van der Waals surface area contributed by atoms with Crippen LogP contribution in [0.15, 0.2) is 84.9 Å². The van der Waals surface area contributed by atoms with Crippen molar-refractivity contribution in [2.75, 3.05) is 7.11 Å². The van der Waals surface area contributed by atoms with E-state index in [1.165, 1.54) is 20.2 Å². The van der Waals surface area contributed by atoms with E-state index in [9.17, 15) is 4.79 Å². The van der Waals surface area contributed by atoms with Gasteiger partial charge in [-0.1, -0.05) is 0 Å². The molecule has 23 heavy (non-hydrogen) atoms. The predicted molar refractivity (Wildman–Crippen MR) is 95.3 cm³/mol. The summed E-state index contributed by atoms with van der Waals surface area (Å²) in [4.78, 5) is 11.6. The topological polar surface area (TPSA) is 26.3 Å². The van der Waals surface area contributed by atoms with Gasteiger partial charge < -0.3 is 0 Å². The van der Waals surface area contributed by atoms with Crippen LogP contribution in [-0.2, 0) is 4.74 Å². The van der Waals surface area contributed by atoms with Crippen LogP contribution in [0, 0.1) is 0 Å². The van der Waals surface area contributed by atoms with Crippen molar-refractivity contribution in [3.05, 3.63) is 90.5 Å². The summed E-state index contributed by atoms with van der Waals surface area (Å²) in [6.45, 7) is 0. The second-order valence-electron chi connectivity index (χ2n) is 5.04. The van der Waals surface area contributed by atoms with Gasteiger partial charge in [0.25, 0.3) is 0 Å². The van der Waals surface area contributed by atoms with Crippen molar-refractivity contribution in [1.29, 1.82) is 0 Å². The molecule has 0 aliphatic carbocycles. The first-order chi connectivity index (χ1) is 11.3. The monoisotopic (exact) mass is 364 g/mol. The summed E-state index contributed by atoms with van der Waals surface area (Å²) in [7, 11) is 1.40. The molecule has 114 valence electrons.